The van der Waals surface area contributed by atoms with Crippen LogP contribution in [0.1, 0.15) is 25.6 Å². The Morgan fingerprint density at radius 1 is 0.919 bits per heavy atom. The number of thiophene rings is 1. The summed E-state index contributed by atoms with van der Waals surface area (Å²) in [7, 11) is 1.56. The summed E-state index contributed by atoms with van der Waals surface area (Å²) in [6, 6.07) is 26.8. The molecule has 0 saturated heterocycles. The Bertz CT molecular complexity index is 1420. The van der Waals surface area contributed by atoms with Crippen molar-refractivity contribution in [2.24, 2.45) is 0 Å². The lowest BCUT2D eigenvalue weighted by Gasteiger charge is -2.12. The second kappa shape index (κ2) is 12.7. The van der Waals surface area contributed by atoms with Crippen LogP contribution in [0.25, 0.3) is 6.08 Å². The molecule has 0 unspecified atom stereocenters. The molecule has 0 aliphatic heterocycles. The molecule has 0 aliphatic carbocycles. The number of methoxy groups -OCH3 is 1. The fourth-order valence-electron chi connectivity index (χ4n) is 3.36. The van der Waals surface area contributed by atoms with E-state index in [0.717, 1.165) is 9.77 Å². The summed E-state index contributed by atoms with van der Waals surface area (Å²) < 4.78 is 5.28. The third-order valence-corrected chi connectivity index (χ3v) is 7.10. The summed E-state index contributed by atoms with van der Waals surface area (Å²) in [4.78, 5) is 40.0. The molecule has 0 atom stereocenters. The Labute approximate surface area is 223 Å². The predicted molar refractivity (Wildman–Crippen MR) is 149 cm³/mol. The molecule has 1 heterocycles. The maximum absolute atomic E-state index is 13.3. The fraction of sp³-hybridized carbons (Fsp3) is 0.0690. The van der Waals surface area contributed by atoms with Crippen molar-refractivity contribution in [1.29, 1.82) is 0 Å². The minimum atomic E-state index is -0.482. The largest absolute Gasteiger partial charge is 0.497 e. The third-order valence-electron chi connectivity index (χ3n) is 5.19. The summed E-state index contributed by atoms with van der Waals surface area (Å²) >= 11 is 2.82. The molecule has 4 rings (SSSR count). The van der Waals surface area contributed by atoms with Crippen LogP contribution in [0.3, 0.4) is 0 Å². The molecule has 0 saturated carbocycles. The number of rotatable bonds is 10. The first-order valence-electron chi connectivity index (χ1n) is 11.3. The summed E-state index contributed by atoms with van der Waals surface area (Å²) in [5.41, 5.74) is 1.74. The molecule has 186 valence electrons. The van der Waals surface area contributed by atoms with Crippen LogP contribution in [-0.2, 0) is 4.79 Å². The minimum absolute atomic E-state index is 0.0570. The van der Waals surface area contributed by atoms with Crippen LogP contribution in [0, 0.1) is 0 Å². The summed E-state index contributed by atoms with van der Waals surface area (Å²) in [6.07, 6.45) is 1.59. The number of carbonyl (C=O) groups excluding carboxylic acids is 3. The molecule has 3 aromatic carbocycles. The van der Waals surface area contributed by atoms with E-state index in [1.165, 1.54) is 23.1 Å². The van der Waals surface area contributed by atoms with Gasteiger partial charge in [-0.05, 0) is 65.6 Å². The molecular weight excluding hydrogens is 504 g/mol. The van der Waals surface area contributed by atoms with E-state index in [-0.39, 0.29) is 11.5 Å². The van der Waals surface area contributed by atoms with Gasteiger partial charge < -0.3 is 15.4 Å². The number of thioether (sulfide) groups is 1. The normalized spacial score (nSPS) is 11.0. The number of ketones is 1. The van der Waals surface area contributed by atoms with Crippen LogP contribution in [0.2, 0.25) is 0 Å². The zero-order chi connectivity index (χ0) is 26.0. The first kappa shape index (κ1) is 25.9. The summed E-state index contributed by atoms with van der Waals surface area (Å²) in [6.45, 7) is 0. The van der Waals surface area contributed by atoms with Gasteiger partial charge in [0.05, 0.1) is 17.7 Å². The SMILES string of the molecule is COc1cccc(/C=C(\NC(=O)c2ccccc2)C(=O)Nc2cccc(SCC(=O)c3cccs3)c2)c1. The first-order chi connectivity index (χ1) is 18.0. The molecule has 0 aliphatic rings. The minimum Gasteiger partial charge on any atom is -0.497 e. The highest BCUT2D eigenvalue weighted by Crippen LogP contribution is 2.24. The summed E-state index contributed by atoms with van der Waals surface area (Å²) in [5, 5.41) is 7.46. The number of amides is 2. The number of ether oxygens (including phenoxy) is 1. The molecule has 8 heteroatoms. The number of benzene rings is 3. The van der Waals surface area contributed by atoms with E-state index in [2.05, 4.69) is 10.6 Å². The second-order valence-electron chi connectivity index (χ2n) is 7.83. The molecular formula is C29H24N2O4S2. The molecule has 0 radical (unpaired) electrons. The van der Waals surface area contributed by atoms with Crippen LogP contribution >= 0.6 is 23.1 Å². The van der Waals surface area contributed by atoms with Crippen molar-refractivity contribution in [3.8, 4) is 5.75 Å². The number of hydrogen-bond acceptors (Lipinski definition) is 6. The highest BCUT2D eigenvalue weighted by Gasteiger charge is 2.16. The molecule has 2 amide bonds. The van der Waals surface area contributed by atoms with Crippen LogP contribution in [0.15, 0.2) is 107 Å². The van der Waals surface area contributed by atoms with E-state index in [1.807, 2.05) is 41.8 Å². The smallest absolute Gasteiger partial charge is 0.272 e. The second-order valence-corrected chi connectivity index (χ2v) is 9.82. The average Bonchev–Trinajstić information content (AvgIpc) is 3.47. The molecule has 0 fully saturated rings. The van der Waals surface area contributed by atoms with Crippen molar-refractivity contribution >= 4 is 52.5 Å². The lowest BCUT2D eigenvalue weighted by molar-refractivity contribution is -0.113. The zero-order valence-electron chi connectivity index (χ0n) is 20.0. The molecule has 1 aromatic heterocycles. The van der Waals surface area contributed by atoms with E-state index in [1.54, 1.807) is 67.8 Å². The van der Waals surface area contributed by atoms with Crippen LogP contribution in [-0.4, -0.2) is 30.5 Å². The van der Waals surface area contributed by atoms with Gasteiger partial charge in [-0.15, -0.1) is 23.1 Å². The van der Waals surface area contributed by atoms with Gasteiger partial charge >= 0.3 is 0 Å². The van der Waals surface area contributed by atoms with Crippen molar-refractivity contribution < 1.29 is 19.1 Å². The number of Topliss-reactive ketones (excluding diaryl/α,β-unsaturated/α-hetero) is 1. The van der Waals surface area contributed by atoms with Crippen molar-refractivity contribution in [2.75, 3.05) is 18.2 Å². The monoisotopic (exact) mass is 528 g/mol. The number of nitrogens with one attached hydrogen (secondary N) is 2. The lowest BCUT2D eigenvalue weighted by atomic mass is 10.1. The van der Waals surface area contributed by atoms with Gasteiger partial charge in [-0.1, -0.05) is 42.5 Å². The van der Waals surface area contributed by atoms with Crippen molar-refractivity contribution in [3.05, 3.63) is 118 Å². The first-order valence-corrected chi connectivity index (χ1v) is 13.2. The highest BCUT2D eigenvalue weighted by molar-refractivity contribution is 8.00. The standard InChI is InChI=1S/C29H24N2O4S2/c1-35-23-12-5-8-20(16-23)17-25(31-28(33)21-9-3-2-4-10-21)29(34)30-22-11-6-13-24(18-22)37-19-26(32)27-14-7-15-36-27/h2-18H,19H2,1H3,(H,30,34)(H,31,33)/b25-17-. The zero-order valence-corrected chi connectivity index (χ0v) is 21.6. The van der Waals surface area contributed by atoms with Crippen molar-refractivity contribution in [1.82, 2.24) is 5.32 Å². The van der Waals surface area contributed by atoms with Gasteiger partial charge in [0.2, 0.25) is 0 Å². The Balaban J connectivity index is 1.51. The highest BCUT2D eigenvalue weighted by atomic mass is 32.2. The van der Waals surface area contributed by atoms with Gasteiger partial charge in [0, 0.05) is 16.1 Å². The van der Waals surface area contributed by atoms with Crippen LogP contribution in [0.4, 0.5) is 5.69 Å². The maximum Gasteiger partial charge on any atom is 0.272 e. The lowest BCUT2D eigenvalue weighted by Crippen LogP contribution is -2.30. The Hall–Kier alpha value is -4.14. The van der Waals surface area contributed by atoms with Gasteiger partial charge in [-0.25, -0.2) is 0 Å². The molecule has 4 aromatic rings. The Morgan fingerprint density at radius 2 is 1.73 bits per heavy atom. The quantitative estimate of drug-likeness (QED) is 0.147. The Morgan fingerprint density at radius 3 is 2.49 bits per heavy atom. The molecule has 37 heavy (non-hydrogen) atoms. The molecule has 6 nitrogen and oxygen atoms in total. The van der Waals surface area contributed by atoms with Crippen molar-refractivity contribution in [3.63, 3.8) is 0 Å². The molecule has 2 N–H and O–H groups in total. The van der Waals surface area contributed by atoms with Crippen molar-refractivity contribution in [2.45, 2.75) is 4.90 Å². The van der Waals surface area contributed by atoms with E-state index in [0.29, 0.717) is 28.3 Å². The fourth-order valence-corrected chi connectivity index (χ4v) is 4.95. The van der Waals surface area contributed by atoms with Crippen LogP contribution < -0.4 is 15.4 Å². The third kappa shape index (κ3) is 7.42. The Kier molecular flexibility index (Phi) is 8.91. The van der Waals surface area contributed by atoms with Gasteiger partial charge in [0.15, 0.2) is 5.78 Å². The van der Waals surface area contributed by atoms with Gasteiger partial charge in [-0.3, -0.25) is 14.4 Å². The van der Waals surface area contributed by atoms with Gasteiger partial charge in [0.25, 0.3) is 11.8 Å². The number of carbonyl (C=O) groups is 3. The van der Waals surface area contributed by atoms with Gasteiger partial charge in [-0.2, -0.15) is 0 Å². The summed E-state index contributed by atoms with van der Waals surface area (Å²) in [5.74, 6) is 0.1000. The number of hydrogen-bond donors (Lipinski definition) is 2. The van der Waals surface area contributed by atoms with E-state index < -0.39 is 11.8 Å². The molecule has 0 spiro atoms. The topological polar surface area (TPSA) is 84.5 Å². The van der Waals surface area contributed by atoms with Crippen LogP contribution in [0.5, 0.6) is 5.75 Å². The number of anilines is 1. The predicted octanol–water partition coefficient (Wildman–Crippen LogP) is 6.14. The average molecular weight is 529 g/mol. The maximum atomic E-state index is 13.3. The van der Waals surface area contributed by atoms with E-state index >= 15 is 0 Å². The van der Waals surface area contributed by atoms with Gasteiger partial charge in [0.1, 0.15) is 11.4 Å². The van der Waals surface area contributed by atoms with E-state index in [9.17, 15) is 14.4 Å². The molecule has 0 bridgehead atoms. The van der Waals surface area contributed by atoms with E-state index in [4.69, 9.17) is 4.74 Å².